The molecule has 0 heterocycles. The largest absolute Gasteiger partial charge is 0.392 e. The van der Waals surface area contributed by atoms with Gasteiger partial charge in [-0.15, -0.1) is 0 Å². The second-order valence-corrected chi connectivity index (χ2v) is 4.84. The van der Waals surface area contributed by atoms with Gasteiger partial charge in [0.2, 0.25) is 0 Å². The first-order valence-corrected chi connectivity index (χ1v) is 5.91. The van der Waals surface area contributed by atoms with Crippen LogP contribution in [0.4, 0.5) is 0 Å². The van der Waals surface area contributed by atoms with E-state index in [-0.39, 0.29) is 0 Å². The van der Waals surface area contributed by atoms with Crippen LogP contribution in [0.2, 0.25) is 0 Å². The summed E-state index contributed by atoms with van der Waals surface area (Å²) in [6.45, 7) is 8.89. The minimum atomic E-state index is -0.393. The van der Waals surface area contributed by atoms with Crippen molar-refractivity contribution in [3.8, 4) is 0 Å². The van der Waals surface area contributed by atoms with E-state index in [0.717, 1.165) is 6.42 Å². The summed E-state index contributed by atoms with van der Waals surface area (Å²) in [6.07, 6.45) is 0.344. The highest BCUT2D eigenvalue weighted by Crippen LogP contribution is 2.28. The highest BCUT2D eigenvalue weighted by atomic mass is 16.3. The van der Waals surface area contributed by atoms with Crippen LogP contribution in [0.5, 0.6) is 0 Å². The van der Waals surface area contributed by atoms with Crippen molar-refractivity contribution < 1.29 is 5.11 Å². The van der Waals surface area contributed by atoms with Crippen LogP contribution in [-0.2, 0) is 0 Å². The molecule has 2 heteroatoms. The van der Waals surface area contributed by atoms with Gasteiger partial charge in [-0.05, 0) is 49.8 Å². The van der Waals surface area contributed by atoms with Gasteiger partial charge >= 0.3 is 0 Å². The van der Waals surface area contributed by atoms with Crippen LogP contribution in [0.1, 0.15) is 41.5 Å². The summed E-state index contributed by atoms with van der Waals surface area (Å²) in [5, 5.41) is 9.60. The van der Waals surface area contributed by atoms with E-state index in [0.29, 0.717) is 12.5 Å². The van der Waals surface area contributed by atoms with Crippen molar-refractivity contribution >= 4 is 0 Å². The van der Waals surface area contributed by atoms with Gasteiger partial charge < -0.3 is 10.8 Å². The number of nitrogens with two attached hydrogens (primary N) is 1. The number of aliphatic hydroxyl groups excluding tert-OH is 1. The summed E-state index contributed by atoms with van der Waals surface area (Å²) in [6, 6.07) is 4.40. The molecule has 0 aliphatic carbocycles. The molecule has 0 radical (unpaired) electrons. The van der Waals surface area contributed by atoms with Crippen molar-refractivity contribution in [1.82, 2.24) is 0 Å². The Morgan fingerprint density at radius 1 is 1.19 bits per heavy atom. The van der Waals surface area contributed by atoms with Gasteiger partial charge in [0.25, 0.3) is 0 Å². The molecule has 0 aliphatic heterocycles. The van der Waals surface area contributed by atoms with E-state index in [9.17, 15) is 5.11 Å². The Bertz CT molecular complexity index is 337. The van der Waals surface area contributed by atoms with Crippen molar-refractivity contribution in [3.05, 3.63) is 34.4 Å². The highest BCUT2D eigenvalue weighted by molar-refractivity contribution is 5.39. The first-order chi connectivity index (χ1) is 7.45. The molecule has 2 atom stereocenters. The monoisotopic (exact) mass is 221 g/mol. The van der Waals surface area contributed by atoms with Crippen LogP contribution in [0.25, 0.3) is 0 Å². The lowest BCUT2D eigenvalue weighted by Gasteiger charge is -2.20. The topological polar surface area (TPSA) is 46.2 Å². The third-order valence-corrected chi connectivity index (χ3v) is 3.13. The van der Waals surface area contributed by atoms with Gasteiger partial charge in [0.1, 0.15) is 0 Å². The van der Waals surface area contributed by atoms with Gasteiger partial charge in [0.05, 0.1) is 6.10 Å². The molecular weight excluding hydrogens is 198 g/mol. The van der Waals surface area contributed by atoms with E-state index >= 15 is 0 Å². The molecule has 16 heavy (non-hydrogen) atoms. The first kappa shape index (κ1) is 13.2. The third-order valence-electron chi connectivity index (χ3n) is 3.13. The fourth-order valence-corrected chi connectivity index (χ4v) is 2.59. The van der Waals surface area contributed by atoms with Crippen LogP contribution >= 0.6 is 0 Å². The van der Waals surface area contributed by atoms with Crippen LogP contribution in [0.15, 0.2) is 12.1 Å². The molecule has 3 N–H and O–H groups in total. The number of benzene rings is 1. The lowest BCUT2D eigenvalue weighted by molar-refractivity contribution is 0.165. The van der Waals surface area contributed by atoms with Crippen LogP contribution in [0, 0.1) is 20.8 Å². The number of aliphatic hydroxyl groups is 1. The predicted molar refractivity (Wildman–Crippen MR) is 68.7 cm³/mol. The predicted octanol–water partition coefficient (Wildman–Crippen LogP) is 2.43. The van der Waals surface area contributed by atoms with Crippen LogP contribution in [0.3, 0.4) is 0 Å². The first-order valence-electron chi connectivity index (χ1n) is 5.91. The summed E-state index contributed by atoms with van der Waals surface area (Å²) < 4.78 is 0. The normalized spacial score (nSPS) is 14.9. The quantitative estimate of drug-likeness (QED) is 0.820. The second-order valence-electron chi connectivity index (χ2n) is 4.84. The van der Waals surface area contributed by atoms with Crippen molar-refractivity contribution in [2.45, 2.75) is 46.1 Å². The second kappa shape index (κ2) is 5.46. The summed E-state index contributed by atoms with van der Waals surface area (Å²) in [5.74, 6) is 0.360. The lowest BCUT2D eigenvalue weighted by atomic mass is 9.87. The third kappa shape index (κ3) is 3.06. The SMILES string of the molecule is Cc1cc(C)c(C(C)CC(O)CN)c(C)c1. The summed E-state index contributed by atoms with van der Waals surface area (Å²) in [4.78, 5) is 0. The van der Waals surface area contributed by atoms with Crippen molar-refractivity contribution in [3.63, 3.8) is 0 Å². The maximum atomic E-state index is 9.60. The van der Waals surface area contributed by atoms with Crippen molar-refractivity contribution in [1.29, 1.82) is 0 Å². The van der Waals surface area contributed by atoms with Crippen LogP contribution < -0.4 is 5.73 Å². The zero-order valence-corrected chi connectivity index (χ0v) is 10.7. The summed E-state index contributed by atoms with van der Waals surface area (Å²) in [5.41, 5.74) is 10.7. The Kier molecular flexibility index (Phi) is 4.51. The summed E-state index contributed by atoms with van der Waals surface area (Å²) >= 11 is 0. The zero-order chi connectivity index (χ0) is 12.3. The molecule has 0 spiro atoms. The number of hydrogen-bond acceptors (Lipinski definition) is 2. The van der Waals surface area contributed by atoms with E-state index in [2.05, 4.69) is 39.8 Å². The van der Waals surface area contributed by atoms with Gasteiger partial charge in [0, 0.05) is 6.54 Å². The van der Waals surface area contributed by atoms with Gasteiger partial charge in [-0.2, -0.15) is 0 Å². The molecule has 0 amide bonds. The van der Waals surface area contributed by atoms with Crippen molar-refractivity contribution in [2.24, 2.45) is 5.73 Å². The molecule has 1 rings (SSSR count). The number of rotatable bonds is 4. The van der Waals surface area contributed by atoms with E-state index in [1.54, 1.807) is 0 Å². The smallest absolute Gasteiger partial charge is 0.0668 e. The molecule has 90 valence electrons. The fourth-order valence-electron chi connectivity index (χ4n) is 2.59. The molecule has 0 aliphatic rings. The Hall–Kier alpha value is -0.860. The molecule has 0 fully saturated rings. The standard InChI is InChI=1S/C14H23NO/c1-9-5-10(2)14(11(3)6-9)12(4)7-13(16)8-15/h5-6,12-13,16H,7-8,15H2,1-4H3. The minimum absolute atomic E-state index is 0.342. The maximum Gasteiger partial charge on any atom is 0.0668 e. The number of aryl methyl sites for hydroxylation is 3. The Balaban J connectivity index is 2.95. The van der Waals surface area contributed by atoms with E-state index < -0.39 is 6.10 Å². The number of hydrogen-bond donors (Lipinski definition) is 2. The average Bonchev–Trinajstić information content (AvgIpc) is 2.15. The fraction of sp³-hybridized carbons (Fsp3) is 0.571. The molecular formula is C14H23NO. The van der Waals surface area contributed by atoms with Gasteiger partial charge in [-0.25, -0.2) is 0 Å². The molecule has 0 saturated heterocycles. The molecule has 1 aromatic rings. The van der Waals surface area contributed by atoms with Gasteiger partial charge in [-0.3, -0.25) is 0 Å². The summed E-state index contributed by atoms with van der Waals surface area (Å²) in [7, 11) is 0. The van der Waals surface area contributed by atoms with E-state index in [4.69, 9.17) is 5.73 Å². The van der Waals surface area contributed by atoms with Gasteiger partial charge in [0.15, 0.2) is 0 Å². The minimum Gasteiger partial charge on any atom is -0.392 e. The lowest BCUT2D eigenvalue weighted by Crippen LogP contribution is -2.22. The molecule has 2 nitrogen and oxygen atoms in total. The molecule has 2 unspecified atom stereocenters. The van der Waals surface area contributed by atoms with Gasteiger partial charge in [-0.1, -0.05) is 24.6 Å². The Labute approximate surface area is 98.5 Å². The average molecular weight is 221 g/mol. The molecule has 0 bridgehead atoms. The molecule has 0 saturated carbocycles. The molecule has 0 aromatic heterocycles. The Morgan fingerprint density at radius 3 is 2.12 bits per heavy atom. The van der Waals surface area contributed by atoms with E-state index in [1.165, 1.54) is 22.3 Å². The highest BCUT2D eigenvalue weighted by Gasteiger charge is 2.15. The Morgan fingerprint density at radius 2 is 1.69 bits per heavy atom. The van der Waals surface area contributed by atoms with Crippen LogP contribution in [-0.4, -0.2) is 17.8 Å². The maximum absolute atomic E-state index is 9.60. The van der Waals surface area contributed by atoms with Crippen molar-refractivity contribution in [2.75, 3.05) is 6.54 Å². The van der Waals surface area contributed by atoms with E-state index in [1.807, 2.05) is 0 Å². The molecule has 1 aromatic carbocycles. The zero-order valence-electron chi connectivity index (χ0n) is 10.7.